The van der Waals surface area contributed by atoms with Crippen molar-refractivity contribution in [1.82, 2.24) is 10.2 Å². The van der Waals surface area contributed by atoms with E-state index in [0.29, 0.717) is 41.5 Å². The van der Waals surface area contributed by atoms with Crippen molar-refractivity contribution in [3.05, 3.63) is 64.7 Å². The number of halogens is 1. The fraction of sp³-hybridized carbons (Fsp3) is 0.364. The van der Waals surface area contributed by atoms with E-state index in [4.69, 9.17) is 16.3 Å². The van der Waals surface area contributed by atoms with Crippen LogP contribution in [0.25, 0.3) is 0 Å². The zero-order valence-corrected chi connectivity index (χ0v) is 19.5. The van der Waals surface area contributed by atoms with Crippen LogP contribution < -0.4 is 9.62 Å². The molecular weight excluding hydrogens is 454 g/mol. The molecule has 1 aliphatic heterocycles. The van der Waals surface area contributed by atoms with E-state index in [1.54, 1.807) is 53.4 Å². The number of rotatable bonds is 7. The highest BCUT2D eigenvalue weighted by Gasteiger charge is 2.23. The van der Waals surface area contributed by atoms with E-state index < -0.39 is 10.0 Å². The number of nitrogens with zero attached hydrogens (tertiary/aromatic N) is 2. The molecule has 1 saturated heterocycles. The first-order chi connectivity index (χ1) is 15.1. The summed E-state index contributed by atoms with van der Waals surface area (Å²) in [4.78, 5) is 25.7. The maximum absolute atomic E-state index is 12.5. The average Bonchev–Trinajstić information content (AvgIpc) is 2.76. The van der Waals surface area contributed by atoms with Gasteiger partial charge in [-0.1, -0.05) is 29.8 Å². The Labute approximate surface area is 193 Å². The van der Waals surface area contributed by atoms with Gasteiger partial charge in [-0.3, -0.25) is 13.9 Å². The number of sulfonamides is 1. The summed E-state index contributed by atoms with van der Waals surface area (Å²) in [5.74, 6) is -0.329. The molecule has 1 atom stereocenters. The smallest absolute Gasteiger partial charge is 0.251 e. The molecule has 0 radical (unpaired) electrons. The summed E-state index contributed by atoms with van der Waals surface area (Å²) < 4.78 is 31.6. The minimum Gasteiger partial charge on any atom is -0.373 e. The third-order valence-corrected chi connectivity index (χ3v) is 6.67. The largest absolute Gasteiger partial charge is 0.373 e. The molecular formula is C22H26ClN3O5S. The number of carbonyl (C=O) groups is 2. The van der Waals surface area contributed by atoms with Crippen molar-refractivity contribution in [2.45, 2.75) is 19.6 Å². The van der Waals surface area contributed by atoms with E-state index in [1.807, 2.05) is 0 Å². The predicted molar refractivity (Wildman–Crippen MR) is 123 cm³/mol. The Kier molecular flexibility index (Phi) is 7.76. The first kappa shape index (κ1) is 24.0. The number of amides is 2. The molecule has 0 bridgehead atoms. The van der Waals surface area contributed by atoms with Gasteiger partial charge in [0.15, 0.2) is 0 Å². The standard InChI is InChI=1S/C22H26ClN3O5S/c1-16(27)25-11-12-31-20(15-25)13-24-22(28)17-7-9-19(10-8-17)26(32(2,29)30)14-18-5-3-4-6-21(18)23/h3-10,20H,11-15H2,1-2H3,(H,24,28). The van der Waals surface area contributed by atoms with Crippen molar-refractivity contribution in [2.24, 2.45) is 0 Å². The van der Waals surface area contributed by atoms with Crippen LogP contribution in [0, 0.1) is 0 Å². The van der Waals surface area contributed by atoms with Crippen molar-refractivity contribution in [2.75, 3.05) is 36.8 Å². The fourth-order valence-corrected chi connectivity index (χ4v) is 4.47. The van der Waals surface area contributed by atoms with Crippen molar-refractivity contribution < 1.29 is 22.7 Å². The summed E-state index contributed by atoms with van der Waals surface area (Å²) >= 11 is 6.19. The summed E-state index contributed by atoms with van der Waals surface area (Å²) in [7, 11) is -3.58. The van der Waals surface area contributed by atoms with Gasteiger partial charge in [0.25, 0.3) is 5.91 Å². The molecule has 10 heteroatoms. The van der Waals surface area contributed by atoms with Crippen LogP contribution in [0.2, 0.25) is 5.02 Å². The van der Waals surface area contributed by atoms with Gasteiger partial charge in [0.1, 0.15) is 0 Å². The molecule has 2 aromatic carbocycles. The zero-order valence-electron chi connectivity index (χ0n) is 18.0. The number of carbonyl (C=O) groups excluding carboxylic acids is 2. The summed E-state index contributed by atoms with van der Waals surface area (Å²) in [6.45, 7) is 3.27. The van der Waals surface area contributed by atoms with Crippen LogP contribution in [0.3, 0.4) is 0 Å². The lowest BCUT2D eigenvalue weighted by Crippen LogP contribution is -2.49. The molecule has 1 fully saturated rings. The lowest BCUT2D eigenvalue weighted by atomic mass is 10.1. The molecule has 1 aliphatic rings. The van der Waals surface area contributed by atoms with E-state index in [-0.39, 0.29) is 31.0 Å². The first-order valence-electron chi connectivity index (χ1n) is 10.1. The second kappa shape index (κ2) is 10.3. The second-order valence-electron chi connectivity index (χ2n) is 7.58. The van der Waals surface area contributed by atoms with Crippen LogP contribution in [-0.2, 0) is 26.1 Å². The van der Waals surface area contributed by atoms with Crippen LogP contribution in [0.1, 0.15) is 22.8 Å². The maximum Gasteiger partial charge on any atom is 0.251 e. The minimum atomic E-state index is -3.58. The zero-order chi connectivity index (χ0) is 23.3. The molecule has 1 unspecified atom stereocenters. The summed E-state index contributed by atoms with van der Waals surface area (Å²) in [5, 5.41) is 3.28. The molecule has 172 valence electrons. The number of anilines is 1. The topological polar surface area (TPSA) is 96.0 Å². The molecule has 0 aliphatic carbocycles. The molecule has 0 spiro atoms. The van der Waals surface area contributed by atoms with Gasteiger partial charge in [-0.05, 0) is 35.9 Å². The van der Waals surface area contributed by atoms with Crippen LogP contribution in [0.15, 0.2) is 48.5 Å². The molecule has 0 saturated carbocycles. The normalized spacial score (nSPS) is 16.5. The van der Waals surface area contributed by atoms with Crippen LogP contribution >= 0.6 is 11.6 Å². The molecule has 8 nitrogen and oxygen atoms in total. The average molecular weight is 480 g/mol. The Morgan fingerprint density at radius 2 is 1.88 bits per heavy atom. The highest BCUT2D eigenvalue weighted by molar-refractivity contribution is 7.92. The summed E-state index contributed by atoms with van der Waals surface area (Å²) in [6, 6.07) is 13.3. The van der Waals surface area contributed by atoms with Gasteiger partial charge in [0.05, 0.1) is 31.2 Å². The minimum absolute atomic E-state index is 0.0209. The molecule has 32 heavy (non-hydrogen) atoms. The number of nitrogens with one attached hydrogen (secondary N) is 1. The lowest BCUT2D eigenvalue weighted by molar-refractivity contribution is -0.136. The Balaban J connectivity index is 1.66. The van der Waals surface area contributed by atoms with Gasteiger partial charge in [0.2, 0.25) is 15.9 Å². The first-order valence-corrected chi connectivity index (χ1v) is 12.3. The predicted octanol–water partition coefficient (Wildman–Crippen LogP) is 2.28. The van der Waals surface area contributed by atoms with Crippen molar-refractivity contribution >= 4 is 39.1 Å². The fourth-order valence-electron chi connectivity index (χ4n) is 3.40. The number of hydrogen-bond acceptors (Lipinski definition) is 5. The van der Waals surface area contributed by atoms with Crippen molar-refractivity contribution in [1.29, 1.82) is 0 Å². The summed E-state index contributed by atoms with van der Waals surface area (Å²) in [5.41, 5.74) is 1.49. The Bertz CT molecular complexity index is 1080. The van der Waals surface area contributed by atoms with Gasteiger partial charge >= 0.3 is 0 Å². The Morgan fingerprint density at radius 1 is 1.19 bits per heavy atom. The van der Waals surface area contributed by atoms with Crippen LogP contribution in [0.4, 0.5) is 5.69 Å². The quantitative estimate of drug-likeness (QED) is 0.657. The molecule has 1 heterocycles. The Hall–Kier alpha value is -2.62. The third-order valence-electron chi connectivity index (χ3n) is 5.16. The van der Waals surface area contributed by atoms with Crippen LogP contribution in [0.5, 0.6) is 0 Å². The van der Waals surface area contributed by atoms with Crippen LogP contribution in [-0.4, -0.2) is 63.7 Å². The molecule has 0 aromatic heterocycles. The second-order valence-corrected chi connectivity index (χ2v) is 9.89. The van der Waals surface area contributed by atoms with E-state index in [0.717, 1.165) is 6.26 Å². The monoisotopic (exact) mass is 479 g/mol. The molecule has 1 N–H and O–H groups in total. The number of benzene rings is 2. The van der Waals surface area contributed by atoms with Crippen molar-refractivity contribution in [3.63, 3.8) is 0 Å². The van der Waals surface area contributed by atoms with E-state index in [9.17, 15) is 18.0 Å². The molecule has 3 rings (SSSR count). The number of hydrogen-bond donors (Lipinski definition) is 1. The third kappa shape index (κ3) is 6.21. The van der Waals surface area contributed by atoms with Gasteiger partial charge in [-0.2, -0.15) is 0 Å². The van der Waals surface area contributed by atoms with Gasteiger partial charge in [-0.15, -0.1) is 0 Å². The SMILES string of the molecule is CC(=O)N1CCOC(CNC(=O)c2ccc(N(Cc3ccccc3Cl)S(C)(=O)=O)cc2)C1. The van der Waals surface area contributed by atoms with E-state index >= 15 is 0 Å². The summed E-state index contributed by atoms with van der Waals surface area (Å²) in [6.07, 6.45) is 0.853. The molecule has 2 aromatic rings. The van der Waals surface area contributed by atoms with Gasteiger partial charge in [-0.25, -0.2) is 8.42 Å². The lowest BCUT2D eigenvalue weighted by Gasteiger charge is -2.32. The maximum atomic E-state index is 12.5. The highest BCUT2D eigenvalue weighted by atomic mass is 35.5. The van der Waals surface area contributed by atoms with Crippen molar-refractivity contribution in [3.8, 4) is 0 Å². The highest BCUT2D eigenvalue weighted by Crippen LogP contribution is 2.24. The number of morpholine rings is 1. The molecule has 2 amide bonds. The van der Waals surface area contributed by atoms with Gasteiger partial charge < -0.3 is 15.0 Å². The number of ether oxygens (including phenoxy) is 1. The van der Waals surface area contributed by atoms with E-state index in [1.165, 1.54) is 11.2 Å². The van der Waals surface area contributed by atoms with Gasteiger partial charge in [0, 0.05) is 37.1 Å². The Morgan fingerprint density at radius 3 is 2.50 bits per heavy atom. The van der Waals surface area contributed by atoms with E-state index in [2.05, 4.69) is 5.32 Å².